The molecular weight excluding hydrogens is 234 g/mol. The Balaban J connectivity index is -0.00000000381. The van der Waals surface area contributed by atoms with Crippen molar-refractivity contribution in [2.75, 3.05) is 0 Å². The van der Waals surface area contributed by atoms with Gasteiger partial charge in [0.2, 0.25) is 0 Å². The standard InChI is InChI=1S/Al.FH.Fe.Mg.H4O4Si.H2O.5H/c;;;;1-5(2,3)4;;;;;;/h;1H;;;1-4H;1H2;;;;;/q;;;+2;;;;;;2*-1. The number of hydrogen-bond acceptors (Lipinski definition) is 4. The first-order valence-electron chi connectivity index (χ1n) is 0.894. The molecule has 0 fully saturated rings. The van der Waals surface area contributed by atoms with E-state index in [4.69, 9.17) is 19.2 Å². The Labute approximate surface area is 98.3 Å². The summed E-state index contributed by atoms with van der Waals surface area (Å²) >= 11 is 0. The topological polar surface area (TPSA) is 112 Å². The molecule has 0 bridgehead atoms. The normalized spacial score (nSPS) is 6.00. The van der Waals surface area contributed by atoms with E-state index in [1.54, 1.807) is 0 Å². The van der Waals surface area contributed by atoms with E-state index in [-0.39, 0.29) is 70.5 Å². The average Bonchev–Trinajstić information content (AvgIpc) is 0.722. The molecular formula is H12AlFFeMgO5Si. The molecule has 0 aromatic carbocycles. The zero-order chi connectivity index (χ0) is 4.50. The van der Waals surface area contributed by atoms with Crippen molar-refractivity contribution in [3.63, 3.8) is 0 Å². The van der Waals surface area contributed by atoms with Crippen molar-refractivity contribution in [1.82, 2.24) is 0 Å². The first-order chi connectivity index (χ1) is 2.00. The van der Waals surface area contributed by atoms with Gasteiger partial charge < -0.3 is 27.5 Å². The second kappa shape index (κ2) is 17.0. The molecule has 0 spiro atoms. The molecule has 0 aliphatic carbocycles. The second-order valence-corrected chi connectivity index (χ2v) is 1.80. The summed E-state index contributed by atoms with van der Waals surface area (Å²) in [7, 11) is -4.61. The Morgan fingerprint density at radius 1 is 1.00 bits per heavy atom. The molecule has 0 atom stereocenters. The number of hydrogen-bond donors (Lipinski definition) is 4. The molecule has 0 rings (SSSR count). The number of rotatable bonds is 0. The van der Waals surface area contributed by atoms with Crippen LogP contribution in [0.2, 0.25) is 0 Å². The van der Waals surface area contributed by atoms with Gasteiger partial charge in [-0.3, -0.25) is 4.70 Å². The molecule has 0 heterocycles. The van der Waals surface area contributed by atoms with Gasteiger partial charge in [-0.25, -0.2) is 0 Å². The molecule has 0 aliphatic heterocycles. The minimum absolute atomic E-state index is 0. The van der Waals surface area contributed by atoms with Crippen LogP contribution in [-0.2, 0) is 17.1 Å². The summed E-state index contributed by atoms with van der Waals surface area (Å²) in [4.78, 5) is 29.3. The molecule has 0 radical (unpaired) electrons. The molecule has 0 aromatic heterocycles. The van der Waals surface area contributed by atoms with Gasteiger partial charge in [0.25, 0.3) is 0 Å². The maximum atomic E-state index is 7.33. The van der Waals surface area contributed by atoms with Crippen LogP contribution < -0.4 is 0 Å². The first kappa shape index (κ1) is 41.0. The van der Waals surface area contributed by atoms with E-state index in [9.17, 15) is 0 Å². The molecule has 0 aliphatic rings. The van der Waals surface area contributed by atoms with Gasteiger partial charge in [0.1, 0.15) is 0 Å². The Kier molecular flexibility index (Phi) is 69.8. The van der Waals surface area contributed by atoms with Crippen LogP contribution in [0.5, 0.6) is 0 Å². The molecule has 10 heavy (non-hydrogen) atoms. The third-order valence-corrected chi connectivity index (χ3v) is 0. The van der Waals surface area contributed by atoms with E-state index in [2.05, 4.69) is 0 Å². The van der Waals surface area contributed by atoms with Gasteiger partial charge in [-0.15, -0.1) is 0 Å². The van der Waals surface area contributed by atoms with Gasteiger partial charge in [0.15, 0.2) is 17.4 Å². The third kappa shape index (κ3) is 241. The van der Waals surface area contributed by atoms with Crippen molar-refractivity contribution in [3.8, 4) is 0 Å². The van der Waals surface area contributed by atoms with Gasteiger partial charge in [0.05, 0.1) is 0 Å². The van der Waals surface area contributed by atoms with E-state index < -0.39 is 9.05 Å². The van der Waals surface area contributed by atoms with Gasteiger partial charge in [-0.2, -0.15) is 0 Å². The summed E-state index contributed by atoms with van der Waals surface area (Å²) in [5.74, 6) is 0. The monoisotopic (exact) mass is 246 g/mol. The van der Waals surface area contributed by atoms with E-state index >= 15 is 0 Å². The van der Waals surface area contributed by atoms with Crippen LogP contribution in [0.15, 0.2) is 0 Å². The van der Waals surface area contributed by atoms with Crippen LogP contribution >= 0.6 is 0 Å². The van der Waals surface area contributed by atoms with Crippen molar-refractivity contribution in [1.29, 1.82) is 0 Å². The van der Waals surface area contributed by atoms with Crippen molar-refractivity contribution in [2.45, 2.75) is 0 Å². The van der Waals surface area contributed by atoms with Crippen molar-refractivity contribution in [2.24, 2.45) is 0 Å². The Bertz CT molecular complexity index is 44.9. The minimum Gasteiger partial charge on any atom is -1.00 e. The maximum Gasteiger partial charge on any atom is 2.00 e. The van der Waals surface area contributed by atoms with Crippen LogP contribution in [0.1, 0.15) is 2.85 Å². The first-order valence-corrected chi connectivity index (χ1v) is 2.68. The average molecular weight is 246 g/mol. The summed E-state index contributed by atoms with van der Waals surface area (Å²) in [5.41, 5.74) is 0. The third-order valence-electron chi connectivity index (χ3n) is 0. The summed E-state index contributed by atoms with van der Waals surface area (Å²) in [6.45, 7) is 0. The van der Waals surface area contributed by atoms with Gasteiger partial charge >= 0.3 is 32.1 Å². The SMILES string of the molecule is F.O.O[Si](O)(O)O.[AlH3].[Fe].[H-].[H-].[Mg+2]. The van der Waals surface area contributed by atoms with Gasteiger partial charge in [-0.1, -0.05) is 0 Å². The van der Waals surface area contributed by atoms with E-state index in [0.29, 0.717) is 0 Å². The smallest absolute Gasteiger partial charge is 1.00 e. The van der Waals surface area contributed by atoms with Crippen molar-refractivity contribution < 1.29 is 49.3 Å². The van der Waals surface area contributed by atoms with E-state index in [1.165, 1.54) is 0 Å². The van der Waals surface area contributed by atoms with E-state index in [0.717, 1.165) is 0 Å². The fourth-order valence-electron chi connectivity index (χ4n) is 0. The fourth-order valence-corrected chi connectivity index (χ4v) is 0. The fraction of sp³-hybridized carbons (Fsp3) is 0. The summed E-state index contributed by atoms with van der Waals surface area (Å²) in [6.07, 6.45) is 0. The second-order valence-electron chi connectivity index (χ2n) is 0.600. The molecule has 6 N–H and O–H groups in total. The molecule has 0 saturated heterocycles. The zero-order valence-electron chi connectivity index (χ0n) is 6.26. The van der Waals surface area contributed by atoms with Gasteiger partial charge in [-0.05, 0) is 0 Å². The molecule has 0 saturated carbocycles. The summed E-state index contributed by atoms with van der Waals surface area (Å²) < 4.78 is 0. The van der Waals surface area contributed by atoms with Gasteiger partial charge in [0, 0.05) is 17.1 Å². The molecule has 5 nitrogen and oxygen atoms in total. The summed E-state index contributed by atoms with van der Waals surface area (Å²) in [5, 5.41) is 0. The number of halogens is 1. The quantitative estimate of drug-likeness (QED) is 0.322. The molecule has 66 valence electrons. The maximum absolute atomic E-state index is 7.33. The predicted molar refractivity (Wildman–Crippen MR) is 38.7 cm³/mol. The largest absolute Gasteiger partial charge is 2.00 e. The van der Waals surface area contributed by atoms with Crippen LogP contribution in [-0.4, -0.2) is 74.1 Å². The molecule has 0 unspecified atom stereocenters. The summed E-state index contributed by atoms with van der Waals surface area (Å²) in [6, 6.07) is 0. The van der Waals surface area contributed by atoms with Crippen LogP contribution in [0, 0.1) is 0 Å². The predicted octanol–water partition coefficient (Wildman–Crippen LogP) is -4.62. The Morgan fingerprint density at radius 2 is 1.00 bits per heavy atom. The van der Waals surface area contributed by atoms with E-state index in [1.807, 2.05) is 0 Å². The molecule has 0 aromatic rings. The van der Waals surface area contributed by atoms with Crippen molar-refractivity contribution >= 4 is 49.5 Å². The zero-order valence-corrected chi connectivity index (χ0v) is 7.78. The minimum atomic E-state index is -4.61. The molecule has 0 amide bonds. The molecule has 10 heteroatoms. The Hall–Kier alpha value is 1.77. The van der Waals surface area contributed by atoms with Crippen LogP contribution in [0.25, 0.3) is 0 Å². The van der Waals surface area contributed by atoms with Crippen LogP contribution in [0.4, 0.5) is 4.70 Å². The van der Waals surface area contributed by atoms with Crippen molar-refractivity contribution in [3.05, 3.63) is 0 Å². The van der Waals surface area contributed by atoms with Crippen LogP contribution in [0.3, 0.4) is 0 Å². The Morgan fingerprint density at radius 3 is 1.00 bits per heavy atom.